The van der Waals surface area contributed by atoms with Gasteiger partial charge in [-0.2, -0.15) is 9.36 Å². The lowest BCUT2D eigenvalue weighted by Gasteiger charge is -2.40. The summed E-state index contributed by atoms with van der Waals surface area (Å²) in [4.78, 5) is 17.7. The molecule has 1 aliphatic carbocycles. The van der Waals surface area contributed by atoms with E-state index in [0.29, 0.717) is 5.95 Å². The molecular formula is C15H21N7S. The van der Waals surface area contributed by atoms with Gasteiger partial charge in [0.25, 0.3) is 0 Å². The topological polar surface area (TPSA) is 84.1 Å². The molecule has 1 unspecified atom stereocenters. The fraction of sp³-hybridized carbons (Fsp3) is 0.600. The third kappa shape index (κ3) is 2.41. The van der Waals surface area contributed by atoms with E-state index in [9.17, 15) is 0 Å². The lowest BCUT2D eigenvalue weighted by Crippen LogP contribution is -2.45. The first-order valence-electron chi connectivity index (χ1n) is 7.95. The van der Waals surface area contributed by atoms with E-state index in [1.807, 2.05) is 25.2 Å². The Balaban J connectivity index is 1.64. The van der Waals surface area contributed by atoms with Gasteiger partial charge in [-0.1, -0.05) is 0 Å². The number of piperidine rings is 1. The van der Waals surface area contributed by atoms with Crippen molar-refractivity contribution < 1.29 is 0 Å². The molecule has 23 heavy (non-hydrogen) atoms. The maximum Gasteiger partial charge on any atom is 0.238 e. The molecule has 3 heterocycles. The van der Waals surface area contributed by atoms with Gasteiger partial charge < -0.3 is 15.5 Å². The van der Waals surface area contributed by atoms with Crippen molar-refractivity contribution in [2.75, 3.05) is 42.7 Å². The summed E-state index contributed by atoms with van der Waals surface area (Å²) in [6.45, 7) is 1.97. The van der Waals surface area contributed by atoms with Crippen molar-refractivity contribution in [1.82, 2.24) is 19.3 Å². The molecule has 0 bridgehead atoms. The highest BCUT2D eigenvalue weighted by atomic mass is 32.1. The maximum absolute atomic E-state index is 5.84. The van der Waals surface area contributed by atoms with Crippen molar-refractivity contribution in [1.29, 1.82) is 0 Å². The van der Waals surface area contributed by atoms with Crippen LogP contribution in [0.2, 0.25) is 0 Å². The standard InChI is InChI=1S/C15H21N7S/c1-21(2)13-19-14(23-20-13)22-7-3-5-15(9-22)6-4-10-8-17-12(16)18-11(10)15/h8H,3-7,9H2,1-2H3,(H2,16,17,18). The quantitative estimate of drug-likeness (QED) is 0.892. The Labute approximate surface area is 139 Å². The van der Waals surface area contributed by atoms with Crippen molar-refractivity contribution in [2.24, 2.45) is 0 Å². The number of hydrogen-bond acceptors (Lipinski definition) is 8. The first-order valence-corrected chi connectivity index (χ1v) is 8.73. The van der Waals surface area contributed by atoms with Gasteiger partial charge >= 0.3 is 0 Å². The van der Waals surface area contributed by atoms with Gasteiger partial charge in [0.05, 0.1) is 5.69 Å². The summed E-state index contributed by atoms with van der Waals surface area (Å²) in [6.07, 6.45) is 6.37. The number of rotatable bonds is 2. The molecule has 1 atom stereocenters. The zero-order valence-electron chi connectivity index (χ0n) is 13.5. The molecule has 2 aliphatic rings. The number of hydrogen-bond donors (Lipinski definition) is 1. The van der Waals surface area contributed by atoms with Crippen molar-refractivity contribution in [3.63, 3.8) is 0 Å². The van der Waals surface area contributed by atoms with Crippen LogP contribution in [-0.4, -0.2) is 46.5 Å². The van der Waals surface area contributed by atoms with E-state index in [1.54, 1.807) is 0 Å². The number of aryl methyl sites for hydroxylation is 1. The minimum Gasteiger partial charge on any atom is -0.368 e. The van der Waals surface area contributed by atoms with Crippen LogP contribution in [0.5, 0.6) is 0 Å². The monoisotopic (exact) mass is 331 g/mol. The van der Waals surface area contributed by atoms with Gasteiger partial charge in [-0.05, 0) is 31.2 Å². The zero-order chi connectivity index (χ0) is 16.0. The molecule has 2 aromatic heterocycles. The smallest absolute Gasteiger partial charge is 0.238 e. The van der Waals surface area contributed by atoms with Crippen LogP contribution in [0.3, 0.4) is 0 Å². The maximum atomic E-state index is 5.84. The van der Waals surface area contributed by atoms with E-state index in [2.05, 4.69) is 24.2 Å². The molecule has 2 aromatic rings. The number of nitrogens with two attached hydrogens (primary N) is 1. The minimum atomic E-state index is 0.0919. The Hall–Kier alpha value is -1.96. The van der Waals surface area contributed by atoms with Crippen LogP contribution in [0.1, 0.15) is 30.5 Å². The molecule has 1 saturated heterocycles. The summed E-state index contributed by atoms with van der Waals surface area (Å²) in [7, 11) is 3.94. The van der Waals surface area contributed by atoms with Gasteiger partial charge in [-0.3, -0.25) is 0 Å². The van der Waals surface area contributed by atoms with Crippen LogP contribution in [0.25, 0.3) is 0 Å². The second-order valence-electron chi connectivity index (χ2n) is 6.68. The van der Waals surface area contributed by atoms with E-state index in [-0.39, 0.29) is 5.41 Å². The van der Waals surface area contributed by atoms with E-state index in [0.717, 1.165) is 55.5 Å². The summed E-state index contributed by atoms with van der Waals surface area (Å²) in [5.41, 5.74) is 8.35. The average Bonchev–Trinajstić information content (AvgIpc) is 3.15. The molecule has 1 fully saturated rings. The summed E-state index contributed by atoms with van der Waals surface area (Å²) in [5, 5.41) is 1.00. The fourth-order valence-corrected chi connectivity index (χ4v) is 4.53. The van der Waals surface area contributed by atoms with Gasteiger partial charge in [0.15, 0.2) is 0 Å². The van der Waals surface area contributed by atoms with Crippen molar-refractivity contribution in [3.8, 4) is 0 Å². The molecular weight excluding hydrogens is 310 g/mol. The van der Waals surface area contributed by atoms with Crippen LogP contribution in [-0.2, 0) is 11.8 Å². The molecule has 0 amide bonds. The molecule has 7 nitrogen and oxygen atoms in total. The third-order valence-corrected chi connectivity index (χ3v) is 5.68. The normalized spacial score (nSPS) is 23.3. The Kier molecular flexibility index (Phi) is 3.37. The highest BCUT2D eigenvalue weighted by Crippen LogP contribution is 2.45. The van der Waals surface area contributed by atoms with E-state index >= 15 is 0 Å². The molecule has 122 valence electrons. The van der Waals surface area contributed by atoms with E-state index in [1.165, 1.54) is 17.1 Å². The summed E-state index contributed by atoms with van der Waals surface area (Å²) in [5.74, 6) is 1.16. The molecule has 0 saturated carbocycles. The fourth-order valence-electron chi connectivity index (χ4n) is 3.77. The van der Waals surface area contributed by atoms with Gasteiger partial charge in [-0.25, -0.2) is 9.97 Å². The molecule has 4 rings (SSSR count). The molecule has 1 aliphatic heterocycles. The van der Waals surface area contributed by atoms with Crippen molar-refractivity contribution in [3.05, 3.63) is 17.5 Å². The number of fused-ring (bicyclic) bond motifs is 2. The SMILES string of the molecule is CN(C)c1nsc(N2CCCC3(CCc4cnc(N)nc43)C2)n1. The number of nitrogen functional groups attached to an aromatic ring is 1. The number of nitrogens with zero attached hydrogens (tertiary/aromatic N) is 6. The van der Waals surface area contributed by atoms with Gasteiger partial charge in [-0.15, -0.1) is 0 Å². The summed E-state index contributed by atoms with van der Waals surface area (Å²) < 4.78 is 4.43. The Bertz CT molecular complexity index is 724. The van der Waals surface area contributed by atoms with Crippen LogP contribution >= 0.6 is 11.5 Å². The Morgan fingerprint density at radius 3 is 2.96 bits per heavy atom. The van der Waals surface area contributed by atoms with Gasteiger partial charge in [0, 0.05) is 50.3 Å². The first kappa shape index (κ1) is 14.6. The second-order valence-corrected chi connectivity index (χ2v) is 7.41. The Morgan fingerprint density at radius 1 is 1.30 bits per heavy atom. The minimum absolute atomic E-state index is 0.0919. The third-order valence-electron chi connectivity index (χ3n) is 4.91. The van der Waals surface area contributed by atoms with Crippen molar-refractivity contribution in [2.45, 2.75) is 31.1 Å². The highest BCUT2D eigenvalue weighted by Gasteiger charge is 2.44. The van der Waals surface area contributed by atoms with Gasteiger partial charge in [0.1, 0.15) is 0 Å². The van der Waals surface area contributed by atoms with Crippen LogP contribution < -0.4 is 15.5 Å². The molecule has 8 heteroatoms. The highest BCUT2D eigenvalue weighted by molar-refractivity contribution is 7.09. The van der Waals surface area contributed by atoms with Crippen molar-refractivity contribution >= 4 is 28.6 Å². The summed E-state index contributed by atoms with van der Waals surface area (Å²) in [6, 6.07) is 0. The second kappa shape index (κ2) is 5.30. The first-order chi connectivity index (χ1) is 11.1. The zero-order valence-corrected chi connectivity index (χ0v) is 14.3. The summed E-state index contributed by atoms with van der Waals surface area (Å²) >= 11 is 1.48. The predicted octanol–water partition coefficient (Wildman–Crippen LogP) is 1.46. The molecule has 0 radical (unpaired) electrons. The van der Waals surface area contributed by atoms with Crippen LogP contribution in [0.4, 0.5) is 17.0 Å². The predicted molar refractivity (Wildman–Crippen MR) is 92.1 cm³/mol. The van der Waals surface area contributed by atoms with E-state index in [4.69, 9.17) is 5.73 Å². The van der Waals surface area contributed by atoms with E-state index < -0.39 is 0 Å². The number of aromatic nitrogens is 4. The molecule has 1 spiro atoms. The van der Waals surface area contributed by atoms with Crippen LogP contribution in [0.15, 0.2) is 6.20 Å². The largest absolute Gasteiger partial charge is 0.368 e. The lowest BCUT2D eigenvalue weighted by atomic mass is 9.77. The lowest BCUT2D eigenvalue weighted by molar-refractivity contribution is 0.334. The molecule has 2 N–H and O–H groups in total. The van der Waals surface area contributed by atoms with Gasteiger partial charge in [0.2, 0.25) is 17.0 Å². The number of anilines is 3. The molecule has 0 aromatic carbocycles. The van der Waals surface area contributed by atoms with Crippen LogP contribution in [0, 0.1) is 0 Å². The Morgan fingerprint density at radius 2 is 2.17 bits per heavy atom. The average molecular weight is 331 g/mol.